The number of nitrogen functional groups attached to an aromatic ring is 1. The van der Waals surface area contributed by atoms with E-state index in [4.69, 9.17) is 5.73 Å². The van der Waals surface area contributed by atoms with E-state index in [-0.39, 0.29) is 0 Å². The Morgan fingerprint density at radius 1 is 1.12 bits per heavy atom. The fraction of sp³-hybridized carbons (Fsp3) is 0.0769. The zero-order valence-corrected chi connectivity index (χ0v) is 9.24. The molecular weight excluding hydrogens is 212 g/mol. The second kappa shape index (κ2) is 3.90. The monoisotopic (exact) mass is 224 g/mol. The molecule has 0 aliphatic rings. The van der Waals surface area contributed by atoms with Crippen molar-refractivity contribution in [3.63, 3.8) is 0 Å². The molecule has 0 fully saturated rings. The molecule has 2 N–H and O–H groups in total. The van der Waals surface area contributed by atoms with Gasteiger partial charge in [-0.1, -0.05) is 30.3 Å². The van der Waals surface area contributed by atoms with Crippen molar-refractivity contribution in [3.8, 4) is 0 Å². The van der Waals surface area contributed by atoms with Gasteiger partial charge in [0.05, 0.1) is 5.69 Å². The molecule has 4 heteroatoms. The van der Waals surface area contributed by atoms with Crippen molar-refractivity contribution in [2.24, 2.45) is 0 Å². The van der Waals surface area contributed by atoms with Crippen LogP contribution in [0.4, 0.5) is 5.82 Å². The third-order valence-electron chi connectivity index (χ3n) is 2.67. The predicted molar refractivity (Wildman–Crippen MR) is 66.6 cm³/mol. The van der Waals surface area contributed by atoms with E-state index >= 15 is 0 Å². The second-order valence-electron chi connectivity index (χ2n) is 3.94. The maximum atomic E-state index is 5.82. The lowest BCUT2D eigenvalue weighted by Gasteiger charge is -1.97. The van der Waals surface area contributed by atoms with E-state index in [1.165, 1.54) is 5.56 Å². The van der Waals surface area contributed by atoms with Gasteiger partial charge < -0.3 is 5.73 Å². The highest BCUT2D eigenvalue weighted by Gasteiger charge is 2.05. The van der Waals surface area contributed by atoms with Crippen molar-refractivity contribution >= 4 is 11.5 Å². The third-order valence-corrected chi connectivity index (χ3v) is 2.67. The first-order valence-electron chi connectivity index (χ1n) is 5.46. The van der Waals surface area contributed by atoms with Crippen LogP contribution in [0, 0.1) is 0 Å². The molecule has 0 amide bonds. The molecule has 2 heterocycles. The van der Waals surface area contributed by atoms with Crippen molar-refractivity contribution < 1.29 is 0 Å². The molecule has 2 aromatic heterocycles. The molecule has 0 saturated heterocycles. The highest BCUT2D eigenvalue weighted by atomic mass is 15.3. The summed E-state index contributed by atoms with van der Waals surface area (Å²) in [6.45, 7) is 0. The Bertz CT molecular complexity index is 643. The van der Waals surface area contributed by atoms with E-state index in [1.54, 1.807) is 16.8 Å². The fourth-order valence-corrected chi connectivity index (χ4v) is 1.85. The molecule has 17 heavy (non-hydrogen) atoms. The van der Waals surface area contributed by atoms with Gasteiger partial charge in [-0.05, 0) is 11.6 Å². The molecule has 4 nitrogen and oxygen atoms in total. The average molecular weight is 224 g/mol. The summed E-state index contributed by atoms with van der Waals surface area (Å²) in [5.74, 6) is 0.606. The maximum Gasteiger partial charge on any atom is 0.157 e. The topological polar surface area (TPSA) is 56.2 Å². The number of anilines is 1. The van der Waals surface area contributed by atoms with Crippen LogP contribution in [0.5, 0.6) is 0 Å². The first-order chi connectivity index (χ1) is 8.33. The fourth-order valence-electron chi connectivity index (χ4n) is 1.85. The summed E-state index contributed by atoms with van der Waals surface area (Å²) < 4.78 is 1.66. The minimum atomic E-state index is 0.606. The van der Waals surface area contributed by atoms with E-state index in [9.17, 15) is 0 Å². The quantitative estimate of drug-likeness (QED) is 0.723. The van der Waals surface area contributed by atoms with Crippen LogP contribution >= 0.6 is 0 Å². The van der Waals surface area contributed by atoms with Crippen molar-refractivity contribution in [2.75, 3.05) is 5.73 Å². The molecule has 84 valence electrons. The van der Waals surface area contributed by atoms with Gasteiger partial charge in [-0.2, -0.15) is 9.61 Å². The number of nitrogens with two attached hydrogens (primary N) is 1. The Kier molecular flexibility index (Phi) is 2.26. The molecule has 0 saturated carbocycles. The van der Waals surface area contributed by atoms with Crippen LogP contribution in [0.3, 0.4) is 0 Å². The number of hydrogen-bond acceptors (Lipinski definition) is 3. The summed E-state index contributed by atoms with van der Waals surface area (Å²) >= 11 is 0. The van der Waals surface area contributed by atoms with Crippen LogP contribution in [0.15, 0.2) is 48.7 Å². The lowest BCUT2D eigenvalue weighted by atomic mass is 10.1. The lowest BCUT2D eigenvalue weighted by molar-refractivity contribution is 0.907. The normalized spacial score (nSPS) is 10.8. The molecule has 3 rings (SSSR count). The summed E-state index contributed by atoms with van der Waals surface area (Å²) in [4.78, 5) is 4.22. The SMILES string of the molecule is Nc1ccnc2cc(Cc3ccccc3)nn12. The Morgan fingerprint density at radius 3 is 2.71 bits per heavy atom. The largest absolute Gasteiger partial charge is 0.384 e. The van der Waals surface area contributed by atoms with Gasteiger partial charge in [0, 0.05) is 18.7 Å². The Hall–Kier alpha value is -2.36. The number of rotatable bonds is 2. The molecular formula is C13H12N4. The van der Waals surface area contributed by atoms with Gasteiger partial charge in [0.1, 0.15) is 5.82 Å². The molecule has 0 aliphatic carbocycles. The number of fused-ring (bicyclic) bond motifs is 1. The van der Waals surface area contributed by atoms with E-state index in [1.807, 2.05) is 24.3 Å². The standard InChI is InChI=1S/C13H12N4/c14-12-6-7-15-13-9-11(16-17(12)13)8-10-4-2-1-3-5-10/h1-7,9H,8,14H2. The predicted octanol–water partition coefficient (Wildman–Crippen LogP) is 1.90. The molecule has 0 atom stereocenters. The number of aromatic nitrogens is 3. The highest BCUT2D eigenvalue weighted by molar-refractivity contribution is 5.46. The zero-order chi connectivity index (χ0) is 11.7. The molecule has 0 unspecified atom stereocenters. The van der Waals surface area contributed by atoms with Gasteiger partial charge in [0.15, 0.2) is 5.65 Å². The summed E-state index contributed by atoms with van der Waals surface area (Å²) in [5, 5.41) is 4.44. The van der Waals surface area contributed by atoms with Gasteiger partial charge in [-0.15, -0.1) is 0 Å². The van der Waals surface area contributed by atoms with Crippen molar-refractivity contribution in [3.05, 3.63) is 59.9 Å². The van der Waals surface area contributed by atoms with Gasteiger partial charge in [-0.25, -0.2) is 4.98 Å². The third kappa shape index (κ3) is 1.85. The molecule has 0 bridgehead atoms. The average Bonchev–Trinajstić information content (AvgIpc) is 2.74. The minimum absolute atomic E-state index is 0.606. The lowest BCUT2D eigenvalue weighted by Crippen LogP contribution is -1.99. The summed E-state index contributed by atoms with van der Waals surface area (Å²) in [7, 11) is 0. The van der Waals surface area contributed by atoms with Gasteiger partial charge in [0.25, 0.3) is 0 Å². The zero-order valence-electron chi connectivity index (χ0n) is 9.24. The van der Waals surface area contributed by atoms with E-state index in [0.717, 1.165) is 17.8 Å². The van der Waals surface area contributed by atoms with Crippen molar-refractivity contribution in [1.82, 2.24) is 14.6 Å². The number of nitrogens with zero attached hydrogens (tertiary/aromatic N) is 3. The molecule has 0 radical (unpaired) electrons. The van der Waals surface area contributed by atoms with Gasteiger partial charge in [-0.3, -0.25) is 0 Å². The molecule has 3 aromatic rings. The van der Waals surface area contributed by atoms with Crippen LogP contribution < -0.4 is 5.73 Å². The van der Waals surface area contributed by atoms with Gasteiger partial charge in [0.2, 0.25) is 0 Å². The van der Waals surface area contributed by atoms with Crippen molar-refractivity contribution in [2.45, 2.75) is 6.42 Å². The van der Waals surface area contributed by atoms with Crippen LogP contribution in [0.1, 0.15) is 11.3 Å². The smallest absolute Gasteiger partial charge is 0.157 e. The van der Waals surface area contributed by atoms with Crippen LogP contribution in [0.25, 0.3) is 5.65 Å². The number of hydrogen-bond donors (Lipinski definition) is 1. The first kappa shape index (κ1) is 9.84. The van der Waals surface area contributed by atoms with Crippen LogP contribution in [-0.4, -0.2) is 14.6 Å². The minimum Gasteiger partial charge on any atom is -0.384 e. The first-order valence-corrected chi connectivity index (χ1v) is 5.46. The Morgan fingerprint density at radius 2 is 1.94 bits per heavy atom. The molecule has 0 aliphatic heterocycles. The molecule has 0 spiro atoms. The highest BCUT2D eigenvalue weighted by Crippen LogP contribution is 2.12. The van der Waals surface area contributed by atoms with Crippen molar-refractivity contribution in [1.29, 1.82) is 0 Å². The summed E-state index contributed by atoms with van der Waals surface area (Å²) in [6, 6.07) is 13.9. The van der Waals surface area contributed by atoms with E-state index in [0.29, 0.717) is 5.82 Å². The molecule has 1 aromatic carbocycles. The van der Waals surface area contributed by atoms with E-state index in [2.05, 4.69) is 22.2 Å². The number of benzene rings is 1. The Labute approximate surface area is 98.7 Å². The van der Waals surface area contributed by atoms with E-state index < -0.39 is 0 Å². The van der Waals surface area contributed by atoms with Crippen LogP contribution in [-0.2, 0) is 6.42 Å². The maximum absolute atomic E-state index is 5.82. The summed E-state index contributed by atoms with van der Waals surface area (Å²) in [5.41, 5.74) is 8.82. The van der Waals surface area contributed by atoms with Gasteiger partial charge >= 0.3 is 0 Å². The van der Waals surface area contributed by atoms with Crippen LogP contribution in [0.2, 0.25) is 0 Å². The Balaban J connectivity index is 1.99. The second-order valence-corrected chi connectivity index (χ2v) is 3.94. The summed E-state index contributed by atoms with van der Waals surface area (Å²) in [6.07, 6.45) is 2.49.